The lowest BCUT2D eigenvalue weighted by Crippen LogP contribution is -2.29. The molecule has 2 aromatic carbocycles. The third-order valence-corrected chi connectivity index (χ3v) is 6.85. The second-order valence-electron chi connectivity index (χ2n) is 5.88. The summed E-state index contributed by atoms with van der Waals surface area (Å²) in [6, 6.07) is 10.7. The fourth-order valence-electron chi connectivity index (χ4n) is 3.01. The van der Waals surface area contributed by atoms with Crippen molar-refractivity contribution in [3.05, 3.63) is 64.2 Å². The van der Waals surface area contributed by atoms with Gasteiger partial charge in [0.15, 0.2) is 0 Å². The Balaban J connectivity index is 1.71. The highest BCUT2D eigenvalue weighted by Gasteiger charge is 2.31. The van der Waals surface area contributed by atoms with Crippen molar-refractivity contribution >= 4 is 27.0 Å². The summed E-state index contributed by atoms with van der Waals surface area (Å²) in [6.07, 6.45) is 0.646. The van der Waals surface area contributed by atoms with Gasteiger partial charge in [0.2, 0.25) is 0 Å². The van der Waals surface area contributed by atoms with Crippen LogP contribution in [-0.4, -0.2) is 19.9 Å². The van der Waals surface area contributed by atoms with Crippen molar-refractivity contribution in [1.82, 2.24) is 4.98 Å². The Morgan fingerprint density at radius 1 is 1.16 bits per heavy atom. The van der Waals surface area contributed by atoms with E-state index in [1.807, 2.05) is 30.5 Å². The number of nitrogens with zero attached hydrogens (tertiary/aromatic N) is 2. The summed E-state index contributed by atoms with van der Waals surface area (Å²) in [6.45, 7) is 2.34. The summed E-state index contributed by atoms with van der Waals surface area (Å²) in [5.41, 5.74) is 3.56. The van der Waals surface area contributed by atoms with Crippen LogP contribution in [0.25, 0.3) is 11.3 Å². The van der Waals surface area contributed by atoms with Gasteiger partial charge in [-0.1, -0.05) is 6.07 Å². The highest BCUT2D eigenvalue weighted by Crippen LogP contribution is 2.36. The molecule has 0 amide bonds. The van der Waals surface area contributed by atoms with Gasteiger partial charge in [-0.3, -0.25) is 4.31 Å². The zero-order chi connectivity index (χ0) is 17.6. The Morgan fingerprint density at radius 2 is 1.92 bits per heavy atom. The molecule has 3 aromatic rings. The summed E-state index contributed by atoms with van der Waals surface area (Å²) in [5, 5.41) is 3.00. The second-order valence-corrected chi connectivity index (χ2v) is 8.80. The Labute approximate surface area is 149 Å². The highest BCUT2D eigenvalue weighted by atomic mass is 32.2. The molecule has 4 rings (SSSR count). The Bertz CT molecular complexity index is 1040. The van der Waals surface area contributed by atoms with Crippen LogP contribution in [0.4, 0.5) is 10.1 Å². The highest BCUT2D eigenvalue weighted by molar-refractivity contribution is 7.92. The molecular weight excluding hydrogens is 359 g/mol. The molecule has 0 unspecified atom stereocenters. The quantitative estimate of drug-likeness (QED) is 0.696. The normalized spacial score (nSPS) is 13.9. The van der Waals surface area contributed by atoms with E-state index in [0.29, 0.717) is 18.7 Å². The van der Waals surface area contributed by atoms with Crippen molar-refractivity contribution in [2.45, 2.75) is 18.2 Å². The molecule has 0 bridgehead atoms. The SMILES string of the molecule is Cc1nc(-c2ccc3c(c2)CCN3S(=O)(=O)c2ccc(F)cc2)cs1. The maximum Gasteiger partial charge on any atom is 0.264 e. The Morgan fingerprint density at radius 3 is 2.60 bits per heavy atom. The topological polar surface area (TPSA) is 50.3 Å². The first kappa shape index (κ1) is 16.2. The van der Waals surface area contributed by atoms with Crippen LogP contribution in [0.2, 0.25) is 0 Å². The molecule has 0 saturated carbocycles. The van der Waals surface area contributed by atoms with Crippen molar-refractivity contribution in [1.29, 1.82) is 0 Å². The number of aromatic nitrogens is 1. The van der Waals surface area contributed by atoms with Gasteiger partial charge >= 0.3 is 0 Å². The van der Waals surface area contributed by atoms with E-state index in [0.717, 1.165) is 34.0 Å². The van der Waals surface area contributed by atoms with E-state index in [9.17, 15) is 12.8 Å². The van der Waals surface area contributed by atoms with Gasteiger partial charge in [0, 0.05) is 17.5 Å². The maximum absolute atomic E-state index is 13.1. The van der Waals surface area contributed by atoms with E-state index in [1.165, 1.54) is 16.4 Å². The lowest BCUT2D eigenvalue weighted by molar-refractivity contribution is 0.591. The number of thiazole rings is 1. The minimum absolute atomic E-state index is 0.0981. The lowest BCUT2D eigenvalue weighted by atomic mass is 10.1. The number of sulfonamides is 1. The molecule has 0 saturated heterocycles. The van der Waals surface area contributed by atoms with Crippen molar-refractivity contribution in [2.24, 2.45) is 0 Å². The zero-order valence-corrected chi connectivity index (χ0v) is 15.1. The number of aryl methyl sites for hydroxylation is 1. The van der Waals surface area contributed by atoms with E-state index in [1.54, 1.807) is 11.3 Å². The van der Waals surface area contributed by atoms with Crippen LogP contribution in [0, 0.1) is 12.7 Å². The second kappa shape index (κ2) is 5.93. The number of halogens is 1. The average molecular weight is 374 g/mol. The maximum atomic E-state index is 13.1. The fourth-order valence-corrected chi connectivity index (χ4v) is 5.14. The molecular formula is C18H15FN2O2S2. The molecule has 7 heteroatoms. The minimum atomic E-state index is -3.69. The molecule has 0 atom stereocenters. The van der Waals surface area contributed by atoms with Crippen LogP contribution in [-0.2, 0) is 16.4 Å². The van der Waals surface area contributed by atoms with E-state index in [-0.39, 0.29) is 4.90 Å². The third kappa shape index (κ3) is 2.83. The van der Waals surface area contributed by atoms with Gasteiger partial charge < -0.3 is 0 Å². The van der Waals surface area contributed by atoms with Crippen molar-refractivity contribution in [3.63, 3.8) is 0 Å². The van der Waals surface area contributed by atoms with Crippen molar-refractivity contribution in [3.8, 4) is 11.3 Å². The van der Waals surface area contributed by atoms with Crippen LogP contribution in [0.3, 0.4) is 0 Å². The number of hydrogen-bond donors (Lipinski definition) is 0. The number of benzene rings is 2. The predicted molar refractivity (Wildman–Crippen MR) is 96.9 cm³/mol. The van der Waals surface area contributed by atoms with Gasteiger partial charge in [-0.15, -0.1) is 11.3 Å². The monoisotopic (exact) mass is 374 g/mol. The average Bonchev–Trinajstić information content (AvgIpc) is 3.21. The molecule has 1 aromatic heterocycles. The summed E-state index contributed by atoms with van der Waals surface area (Å²) >= 11 is 1.59. The largest absolute Gasteiger partial charge is 0.266 e. The zero-order valence-electron chi connectivity index (χ0n) is 13.4. The van der Waals surface area contributed by atoms with Gasteiger partial charge in [0.05, 0.1) is 21.3 Å². The van der Waals surface area contributed by atoms with Gasteiger partial charge in [-0.05, 0) is 55.3 Å². The Hall–Kier alpha value is -2.25. The van der Waals surface area contributed by atoms with Crippen LogP contribution in [0.5, 0.6) is 0 Å². The van der Waals surface area contributed by atoms with E-state index >= 15 is 0 Å². The standard InChI is InChI=1S/C18H15FN2O2S2/c1-12-20-17(11-24-12)13-2-7-18-14(10-13)8-9-21(18)25(22,23)16-5-3-15(19)4-6-16/h2-7,10-11H,8-9H2,1H3. The lowest BCUT2D eigenvalue weighted by Gasteiger charge is -2.19. The molecule has 0 N–H and O–H groups in total. The summed E-state index contributed by atoms with van der Waals surface area (Å²) in [4.78, 5) is 4.58. The number of hydrogen-bond acceptors (Lipinski definition) is 4. The molecule has 0 aliphatic carbocycles. The number of anilines is 1. The van der Waals surface area contributed by atoms with Crippen LogP contribution < -0.4 is 4.31 Å². The van der Waals surface area contributed by atoms with Crippen LogP contribution >= 0.6 is 11.3 Å². The molecule has 0 fully saturated rings. The molecule has 0 spiro atoms. The van der Waals surface area contributed by atoms with Gasteiger partial charge in [0.1, 0.15) is 5.82 Å². The first-order chi connectivity index (χ1) is 11.9. The van der Waals surface area contributed by atoms with Crippen LogP contribution in [0.1, 0.15) is 10.6 Å². The third-order valence-electron chi connectivity index (χ3n) is 4.25. The Kier molecular flexibility index (Phi) is 3.85. The summed E-state index contributed by atoms with van der Waals surface area (Å²) in [7, 11) is -3.69. The van der Waals surface area contributed by atoms with Crippen molar-refractivity contribution in [2.75, 3.05) is 10.8 Å². The summed E-state index contributed by atoms with van der Waals surface area (Å²) in [5.74, 6) is -0.455. The minimum Gasteiger partial charge on any atom is -0.266 e. The van der Waals surface area contributed by atoms with E-state index in [4.69, 9.17) is 0 Å². The van der Waals surface area contributed by atoms with Gasteiger partial charge in [-0.25, -0.2) is 17.8 Å². The van der Waals surface area contributed by atoms with Gasteiger partial charge in [-0.2, -0.15) is 0 Å². The van der Waals surface area contributed by atoms with Gasteiger partial charge in [0.25, 0.3) is 10.0 Å². The number of rotatable bonds is 3. The smallest absolute Gasteiger partial charge is 0.264 e. The molecule has 1 aliphatic heterocycles. The van der Waals surface area contributed by atoms with Crippen LogP contribution in [0.15, 0.2) is 52.7 Å². The molecule has 1 aliphatic rings. The molecule has 128 valence electrons. The van der Waals surface area contributed by atoms with E-state index in [2.05, 4.69) is 4.98 Å². The predicted octanol–water partition coefficient (Wildman–Crippen LogP) is 4.01. The molecule has 25 heavy (non-hydrogen) atoms. The first-order valence-electron chi connectivity index (χ1n) is 7.79. The summed E-state index contributed by atoms with van der Waals surface area (Å²) < 4.78 is 40.2. The molecule has 0 radical (unpaired) electrons. The number of fused-ring (bicyclic) bond motifs is 1. The van der Waals surface area contributed by atoms with E-state index < -0.39 is 15.8 Å². The fraction of sp³-hybridized carbons (Fsp3) is 0.167. The molecule has 2 heterocycles. The first-order valence-corrected chi connectivity index (χ1v) is 10.1. The molecule has 4 nitrogen and oxygen atoms in total. The van der Waals surface area contributed by atoms with Crippen molar-refractivity contribution < 1.29 is 12.8 Å².